The molecular weight excluding hydrogens is 252 g/mol. The number of benzene rings is 1. The third kappa shape index (κ3) is 3.73. The van der Waals surface area contributed by atoms with Gasteiger partial charge >= 0.3 is 5.97 Å². The highest BCUT2D eigenvalue weighted by molar-refractivity contribution is 5.71. The molecule has 0 aliphatic heterocycles. The van der Waals surface area contributed by atoms with Crippen LogP contribution in [0.4, 0.5) is 8.78 Å². The highest BCUT2D eigenvalue weighted by Gasteiger charge is 2.32. The molecular formula is C14H19F2NO2. The van der Waals surface area contributed by atoms with Crippen molar-refractivity contribution in [2.45, 2.75) is 32.7 Å². The quantitative estimate of drug-likeness (QED) is 0.808. The summed E-state index contributed by atoms with van der Waals surface area (Å²) < 4.78 is 32.1. The Bertz CT molecular complexity index is 451. The summed E-state index contributed by atoms with van der Waals surface area (Å²) in [4.78, 5) is 11.6. The first-order valence-corrected chi connectivity index (χ1v) is 6.29. The predicted molar refractivity (Wildman–Crippen MR) is 68.6 cm³/mol. The van der Waals surface area contributed by atoms with Crippen LogP contribution in [0, 0.1) is 11.6 Å². The fourth-order valence-corrected chi connectivity index (χ4v) is 2.07. The van der Waals surface area contributed by atoms with Crippen molar-refractivity contribution in [1.29, 1.82) is 0 Å². The largest absolute Gasteiger partial charge is 0.466 e. The Morgan fingerprint density at radius 3 is 2.63 bits per heavy atom. The van der Waals surface area contributed by atoms with Gasteiger partial charge in [0, 0.05) is 5.56 Å². The maximum Gasteiger partial charge on any atom is 0.307 e. The lowest BCUT2D eigenvalue weighted by Crippen LogP contribution is -2.42. The van der Waals surface area contributed by atoms with E-state index in [2.05, 4.69) is 5.32 Å². The Kier molecular flexibility index (Phi) is 5.42. The van der Waals surface area contributed by atoms with Gasteiger partial charge in [0.15, 0.2) is 11.6 Å². The monoisotopic (exact) mass is 271 g/mol. The van der Waals surface area contributed by atoms with Gasteiger partial charge in [0.1, 0.15) is 0 Å². The minimum atomic E-state index is -0.993. The second kappa shape index (κ2) is 6.61. The summed E-state index contributed by atoms with van der Waals surface area (Å²) >= 11 is 0. The third-order valence-electron chi connectivity index (χ3n) is 2.92. The van der Waals surface area contributed by atoms with E-state index in [1.165, 1.54) is 12.1 Å². The van der Waals surface area contributed by atoms with Gasteiger partial charge in [0.05, 0.1) is 18.6 Å². The van der Waals surface area contributed by atoms with Gasteiger partial charge in [-0.2, -0.15) is 0 Å². The molecule has 0 aliphatic rings. The summed E-state index contributed by atoms with van der Waals surface area (Å²) in [5.41, 5.74) is -0.866. The van der Waals surface area contributed by atoms with E-state index in [-0.39, 0.29) is 18.6 Å². The van der Waals surface area contributed by atoms with Crippen LogP contribution in [0.2, 0.25) is 0 Å². The summed E-state index contributed by atoms with van der Waals surface area (Å²) in [6, 6.07) is 3.95. The minimum Gasteiger partial charge on any atom is -0.466 e. The Balaban J connectivity index is 3.10. The van der Waals surface area contributed by atoms with Gasteiger partial charge in [-0.05, 0) is 26.5 Å². The zero-order valence-corrected chi connectivity index (χ0v) is 11.4. The van der Waals surface area contributed by atoms with Crippen molar-refractivity contribution in [2.75, 3.05) is 13.2 Å². The molecule has 5 heteroatoms. The number of halogens is 2. The molecule has 0 amide bonds. The molecule has 1 unspecified atom stereocenters. The van der Waals surface area contributed by atoms with Gasteiger partial charge in [0.25, 0.3) is 0 Å². The van der Waals surface area contributed by atoms with E-state index < -0.39 is 23.1 Å². The van der Waals surface area contributed by atoms with Crippen molar-refractivity contribution in [2.24, 2.45) is 0 Å². The van der Waals surface area contributed by atoms with E-state index in [1.54, 1.807) is 13.8 Å². The Hall–Kier alpha value is -1.49. The topological polar surface area (TPSA) is 38.3 Å². The molecule has 19 heavy (non-hydrogen) atoms. The predicted octanol–water partition coefficient (Wildman–Crippen LogP) is 2.74. The van der Waals surface area contributed by atoms with Crippen molar-refractivity contribution in [3.63, 3.8) is 0 Å². The lowest BCUT2D eigenvalue weighted by atomic mass is 9.88. The van der Waals surface area contributed by atoms with Crippen molar-refractivity contribution in [3.05, 3.63) is 35.4 Å². The standard InChI is InChI=1S/C14H19F2NO2/c1-4-17-14(3,9-12(18)19-5-2)10-7-6-8-11(15)13(10)16/h6-8,17H,4-5,9H2,1-3H3. The normalized spacial score (nSPS) is 13.9. The van der Waals surface area contributed by atoms with E-state index in [4.69, 9.17) is 4.74 Å². The van der Waals surface area contributed by atoms with Crippen LogP contribution in [0.15, 0.2) is 18.2 Å². The summed E-state index contributed by atoms with van der Waals surface area (Å²) in [6.45, 7) is 5.97. The van der Waals surface area contributed by atoms with Crippen LogP contribution in [0.5, 0.6) is 0 Å². The number of hydrogen-bond donors (Lipinski definition) is 1. The SMILES string of the molecule is CCNC(C)(CC(=O)OCC)c1cccc(F)c1F. The van der Waals surface area contributed by atoms with Gasteiger partial charge in [-0.1, -0.05) is 19.1 Å². The van der Waals surface area contributed by atoms with E-state index in [0.717, 1.165) is 6.07 Å². The Morgan fingerprint density at radius 2 is 2.05 bits per heavy atom. The smallest absolute Gasteiger partial charge is 0.307 e. The molecule has 1 atom stereocenters. The summed E-state index contributed by atoms with van der Waals surface area (Å²) in [5, 5.41) is 3.03. The van der Waals surface area contributed by atoms with Gasteiger partial charge in [-0.15, -0.1) is 0 Å². The fourth-order valence-electron chi connectivity index (χ4n) is 2.07. The van der Waals surface area contributed by atoms with E-state index in [9.17, 15) is 13.6 Å². The first-order valence-electron chi connectivity index (χ1n) is 6.29. The molecule has 0 spiro atoms. The molecule has 0 aliphatic carbocycles. The van der Waals surface area contributed by atoms with Crippen LogP contribution in [0.3, 0.4) is 0 Å². The average molecular weight is 271 g/mol. The molecule has 0 radical (unpaired) electrons. The lowest BCUT2D eigenvalue weighted by molar-refractivity contribution is -0.144. The molecule has 0 saturated heterocycles. The van der Waals surface area contributed by atoms with Gasteiger partial charge in [-0.25, -0.2) is 8.78 Å². The lowest BCUT2D eigenvalue weighted by Gasteiger charge is -2.30. The van der Waals surface area contributed by atoms with Crippen LogP contribution >= 0.6 is 0 Å². The second-order valence-corrected chi connectivity index (χ2v) is 4.45. The zero-order valence-electron chi connectivity index (χ0n) is 11.4. The number of rotatable bonds is 6. The molecule has 0 heterocycles. The molecule has 106 valence electrons. The van der Waals surface area contributed by atoms with Gasteiger partial charge < -0.3 is 10.1 Å². The zero-order chi connectivity index (χ0) is 14.5. The number of nitrogens with one attached hydrogen (secondary N) is 1. The molecule has 3 nitrogen and oxygen atoms in total. The summed E-state index contributed by atoms with van der Waals surface area (Å²) in [5.74, 6) is -2.31. The van der Waals surface area contributed by atoms with E-state index in [0.29, 0.717) is 6.54 Å². The van der Waals surface area contributed by atoms with Gasteiger partial charge in [0.2, 0.25) is 0 Å². The van der Waals surface area contributed by atoms with Crippen LogP contribution in [-0.2, 0) is 15.1 Å². The molecule has 1 rings (SSSR count). The number of carbonyl (C=O) groups excluding carboxylic acids is 1. The van der Waals surface area contributed by atoms with Crippen molar-refractivity contribution < 1.29 is 18.3 Å². The van der Waals surface area contributed by atoms with Crippen molar-refractivity contribution >= 4 is 5.97 Å². The fraction of sp³-hybridized carbons (Fsp3) is 0.500. The summed E-state index contributed by atoms with van der Waals surface area (Å²) in [6.07, 6.45) is -0.0605. The van der Waals surface area contributed by atoms with Gasteiger partial charge in [-0.3, -0.25) is 4.79 Å². The molecule has 0 aromatic heterocycles. The third-order valence-corrected chi connectivity index (χ3v) is 2.92. The first-order chi connectivity index (χ1) is 8.94. The second-order valence-electron chi connectivity index (χ2n) is 4.45. The average Bonchev–Trinajstić information content (AvgIpc) is 2.32. The molecule has 0 saturated carbocycles. The Morgan fingerprint density at radius 1 is 1.37 bits per heavy atom. The van der Waals surface area contributed by atoms with Crippen LogP contribution in [-0.4, -0.2) is 19.1 Å². The van der Waals surface area contributed by atoms with Crippen LogP contribution < -0.4 is 5.32 Å². The van der Waals surface area contributed by atoms with Crippen LogP contribution in [0.25, 0.3) is 0 Å². The minimum absolute atomic E-state index is 0.0605. The van der Waals surface area contributed by atoms with Crippen molar-refractivity contribution in [3.8, 4) is 0 Å². The molecule has 1 aromatic carbocycles. The number of hydrogen-bond acceptors (Lipinski definition) is 3. The highest BCUT2D eigenvalue weighted by Crippen LogP contribution is 2.28. The van der Waals surface area contributed by atoms with Crippen molar-refractivity contribution in [1.82, 2.24) is 5.32 Å². The number of esters is 1. The van der Waals surface area contributed by atoms with E-state index >= 15 is 0 Å². The first kappa shape index (κ1) is 15.6. The molecule has 1 aromatic rings. The van der Waals surface area contributed by atoms with Crippen LogP contribution in [0.1, 0.15) is 32.8 Å². The number of carbonyl (C=O) groups is 1. The Labute approximate surface area is 112 Å². The van der Waals surface area contributed by atoms with E-state index in [1.807, 2.05) is 6.92 Å². The molecule has 0 fully saturated rings. The maximum atomic E-state index is 13.9. The number of ether oxygens (including phenoxy) is 1. The molecule has 1 N–H and O–H groups in total. The molecule has 0 bridgehead atoms. The summed E-state index contributed by atoms with van der Waals surface area (Å²) in [7, 11) is 0. The maximum absolute atomic E-state index is 13.9. The highest BCUT2D eigenvalue weighted by atomic mass is 19.2.